The lowest BCUT2D eigenvalue weighted by molar-refractivity contribution is -0.146. The maximum absolute atomic E-state index is 12.5. The molecular weight excluding hydrogens is 395 g/mol. The van der Waals surface area contributed by atoms with Gasteiger partial charge < -0.3 is 15.2 Å². The molecule has 0 bridgehead atoms. The van der Waals surface area contributed by atoms with E-state index in [0.717, 1.165) is 31.4 Å². The molecule has 5 nitrogen and oxygen atoms in total. The molecule has 0 aliphatic carbocycles. The van der Waals surface area contributed by atoms with Crippen LogP contribution in [-0.4, -0.2) is 30.1 Å². The second-order valence-electron chi connectivity index (χ2n) is 4.83. The van der Waals surface area contributed by atoms with Crippen LogP contribution in [0.2, 0.25) is 0 Å². The van der Waals surface area contributed by atoms with E-state index in [1.165, 1.54) is 0 Å². The molecule has 0 spiro atoms. The fourth-order valence-corrected chi connectivity index (χ4v) is 2.14. The van der Waals surface area contributed by atoms with Gasteiger partial charge in [-0.3, -0.25) is 4.79 Å². The van der Waals surface area contributed by atoms with Crippen LogP contribution in [0.15, 0.2) is 35.3 Å². The zero-order valence-electron chi connectivity index (χ0n) is 12.6. The molecule has 1 rings (SSSR count). The molecule has 2 N–H and O–H groups in total. The predicted octanol–water partition coefficient (Wildman–Crippen LogP) is 2.70. The summed E-state index contributed by atoms with van der Waals surface area (Å²) in [7, 11) is 1.13. The van der Waals surface area contributed by atoms with Crippen molar-refractivity contribution in [2.24, 2.45) is 0 Å². The SMILES string of the molecule is C=C(Br)C[C@H](NC(=O)[C@@H](O)c1ccc(C(F)(F)F)cc1)C(=O)OC. The third kappa shape index (κ3) is 5.64. The number of amides is 1. The van der Waals surface area contributed by atoms with Gasteiger partial charge in [-0.05, 0) is 22.2 Å². The molecular formula is C15H15BrF3NO4. The van der Waals surface area contributed by atoms with E-state index in [9.17, 15) is 27.9 Å². The molecule has 24 heavy (non-hydrogen) atoms. The van der Waals surface area contributed by atoms with Crippen LogP contribution in [-0.2, 0) is 20.5 Å². The summed E-state index contributed by atoms with van der Waals surface area (Å²) >= 11 is 3.05. The van der Waals surface area contributed by atoms with Gasteiger partial charge in [0.1, 0.15) is 6.04 Å². The number of aliphatic hydroxyl groups is 1. The van der Waals surface area contributed by atoms with Gasteiger partial charge in [-0.25, -0.2) is 4.79 Å². The summed E-state index contributed by atoms with van der Waals surface area (Å²) in [5.41, 5.74) is -0.941. The van der Waals surface area contributed by atoms with Crippen molar-refractivity contribution in [2.45, 2.75) is 24.7 Å². The summed E-state index contributed by atoms with van der Waals surface area (Å²) in [5, 5.41) is 12.2. The second-order valence-corrected chi connectivity index (χ2v) is 5.95. The standard InChI is InChI=1S/C15H15BrF3NO4/c1-8(16)7-11(14(23)24-2)20-13(22)12(21)9-3-5-10(6-4-9)15(17,18)19/h3-6,11-12,21H,1,7H2,2H3,(H,20,22)/t11-,12-/m0/s1. The minimum absolute atomic E-state index is 0.0259. The van der Waals surface area contributed by atoms with Crippen LogP contribution in [0, 0.1) is 0 Å². The molecule has 0 saturated carbocycles. The number of esters is 1. The Morgan fingerprint density at radius 2 is 1.88 bits per heavy atom. The average molecular weight is 410 g/mol. The Labute approximate surface area is 144 Å². The number of hydrogen-bond acceptors (Lipinski definition) is 4. The Morgan fingerprint density at radius 1 is 1.33 bits per heavy atom. The van der Waals surface area contributed by atoms with Crippen LogP contribution in [0.4, 0.5) is 13.2 Å². The molecule has 0 fully saturated rings. The lowest BCUT2D eigenvalue weighted by atomic mass is 10.1. The molecule has 132 valence electrons. The molecule has 0 heterocycles. The summed E-state index contributed by atoms with van der Waals surface area (Å²) in [4.78, 5) is 23.6. The summed E-state index contributed by atoms with van der Waals surface area (Å²) < 4.78 is 42.4. The van der Waals surface area contributed by atoms with Gasteiger partial charge in [-0.15, -0.1) is 0 Å². The Hall–Kier alpha value is -1.87. The van der Waals surface area contributed by atoms with Crippen molar-refractivity contribution in [1.29, 1.82) is 0 Å². The van der Waals surface area contributed by atoms with E-state index in [1.807, 2.05) is 0 Å². The highest BCUT2D eigenvalue weighted by molar-refractivity contribution is 9.11. The highest BCUT2D eigenvalue weighted by atomic mass is 79.9. The van der Waals surface area contributed by atoms with E-state index >= 15 is 0 Å². The van der Waals surface area contributed by atoms with Crippen LogP contribution in [0.25, 0.3) is 0 Å². The zero-order valence-corrected chi connectivity index (χ0v) is 14.1. The smallest absolute Gasteiger partial charge is 0.416 e. The van der Waals surface area contributed by atoms with Gasteiger partial charge in [0.25, 0.3) is 5.91 Å². The number of carbonyl (C=O) groups excluding carboxylic acids is 2. The molecule has 0 aliphatic rings. The summed E-state index contributed by atoms with van der Waals surface area (Å²) in [6.07, 6.45) is -6.22. The van der Waals surface area contributed by atoms with Gasteiger partial charge in [0.2, 0.25) is 0 Å². The van der Waals surface area contributed by atoms with E-state index in [4.69, 9.17) is 0 Å². The zero-order chi connectivity index (χ0) is 18.5. The quantitative estimate of drug-likeness (QED) is 0.708. The fourth-order valence-electron chi connectivity index (χ4n) is 1.81. The van der Waals surface area contributed by atoms with E-state index in [-0.39, 0.29) is 12.0 Å². The highest BCUT2D eigenvalue weighted by Crippen LogP contribution is 2.30. The Kier molecular flexibility index (Phi) is 6.97. The number of carbonyl (C=O) groups is 2. The lowest BCUT2D eigenvalue weighted by Crippen LogP contribution is -2.43. The number of methoxy groups -OCH3 is 1. The van der Waals surface area contributed by atoms with Gasteiger partial charge in [0.05, 0.1) is 12.7 Å². The molecule has 9 heteroatoms. The van der Waals surface area contributed by atoms with Crippen LogP contribution < -0.4 is 5.32 Å². The first kappa shape index (κ1) is 20.2. The van der Waals surface area contributed by atoms with Crippen LogP contribution >= 0.6 is 15.9 Å². The molecule has 2 atom stereocenters. The number of ether oxygens (including phenoxy) is 1. The summed E-state index contributed by atoms with van der Waals surface area (Å²) in [6.45, 7) is 3.54. The van der Waals surface area contributed by atoms with Crippen molar-refractivity contribution < 1.29 is 32.6 Å². The third-order valence-electron chi connectivity index (χ3n) is 3.03. The number of halogens is 4. The van der Waals surface area contributed by atoms with Crippen molar-refractivity contribution in [3.8, 4) is 0 Å². The van der Waals surface area contributed by atoms with Crippen LogP contribution in [0.1, 0.15) is 23.7 Å². The van der Waals surface area contributed by atoms with E-state index in [1.54, 1.807) is 0 Å². The number of rotatable bonds is 6. The number of aliphatic hydroxyl groups excluding tert-OH is 1. The van der Waals surface area contributed by atoms with Crippen LogP contribution in [0.5, 0.6) is 0 Å². The number of benzene rings is 1. The average Bonchev–Trinajstić information content (AvgIpc) is 2.51. The van der Waals surface area contributed by atoms with Crippen molar-refractivity contribution in [1.82, 2.24) is 5.32 Å². The minimum atomic E-state index is -4.52. The first-order valence-electron chi connectivity index (χ1n) is 6.63. The first-order valence-corrected chi connectivity index (χ1v) is 7.42. The molecule has 1 aromatic carbocycles. The first-order chi connectivity index (χ1) is 11.1. The number of nitrogens with one attached hydrogen (secondary N) is 1. The second kappa shape index (κ2) is 8.29. The Morgan fingerprint density at radius 3 is 2.29 bits per heavy atom. The van der Waals surface area contributed by atoms with Gasteiger partial charge in [0, 0.05) is 6.42 Å². The topological polar surface area (TPSA) is 75.6 Å². The Balaban J connectivity index is 2.85. The van der Waals surface area contributed by atoms with E-state index < -0.39 is 35.8 Å². The normalized spacial score (nSPS) is 13.8. The molecule has 1 amide bonds. The molecule has 1 aromatic rings. The summed E-state index contributed by atoms with van der Waals surface area (Å²) in [6, 6.07) is 2.40. The molecule has 0 aromatic heterocycles. The number of hydrogen-bond donors (Lipinski definition) is 2. The lowest BCUT2D eigenvalue weighted by Gasteiger charge is -2.19. The van der Waals surface area contributed by atoms with Crippen molar-refractivity contribution in [2.75, 3.05) is 7.11 Å². The van der Waals surface area contributed by atoms with Gasteiger partial charge in [-0.2, -0.15) is 13.2 Å². The minimum Gasteiger partial charge on any atom is -0.467 e. The molecule has 0 saturated heterocycles. The molecule has 0 aliphatic heterocycles. The fraction of sp³-hybridized carbons (Fsp3) is 0.333. The van der Waals surface area contributed by atoms with Crippen LogP contribution in [0.3, 0.4) is 0 Å². The van der Waals surface area contributed by atoms with Crippen molar-refractivity contribution in [3.05, 3.63) is 46.5 Å². The molecule has 0 radical (unpaired) electrons. The van der Waals surface area contributed by atoms with Gasteiger partial charge in [-0.1, -0.05) is 34.6 Å². The Bertz CT molecular complexity index is 616. The van der Waals surface area contributed by atoms with Gasteiger partial charge >= 0.3 is 12.1 Å². The van der Waals surface area contributed by atoms with Crippen molar-refractivity contribution >= 4 is 27.8 Å². The van der Waals surface area contributed by atoms with E-state index in [0.29, 0.717) is 4.48 Å². The predicted molar refractivity (Wildman–Crippen MR) is 83.0 cm³/mol. The van der Waals surface area contributed by atoms with Crippen molar-refractivity contribution in [3.63, 3.8) is 0 Å². The highest BCUT2D eigenvalue weighted by Gasteiger charge is 2.31. The van der Waals surface area contributed by atoms with E-state index in [2.05, 4.69) is 32.6 Å². The number of alkyl halides is 3. The summed E-state index contributed by atoms with van der Waals surface area (Å²) in [5.74, 6) is -1.69. The largest absolute Gasteiger partial charge is 0.467 e. The third-order valence-corrected chi connectivity index (χ3v) is 3.35. The molecule has 0 unspecified atom stereocenters. The maximum Gasteiger partial charge on any atom is 0.416 e. The maximum atomic E-state index is 12.5. The van der Waals surface area contributed by atoms with Gasteiger partial charge in [0.15, 0.2) is 6.10 Å². The monoisotopic (exact) mass is 409 g/mol.